The number of carbonyl (C=O) groups is 3. The molecular weight excluding hydrogens is 432 g/mol. The molecule has 0 aliphatic carbocycles. The van der Waals surface area contributed by atoms with E-state index in [1.165, 1.54) is 32.5 Å². The van der Waals surface area contributed by atoms with Gasteiger partial charge >= 0.3 is 0 Å². The molecule has 0 fully saturated rings. The Morgan fingerprint density at radius 1 is 0.906 bits per heavy atom. The summed E-state index contributed by atoms with van der Waals surface area (Å²) in [5.41, 5.74) is 2.16. The standard InChI is InChI=1S/C22H22N4O5S/c1-13(27)23-15-5-7-16(8-6-15)24-20(28)11-17-12-32-22(25-17)26-21(29)14-4-9-18(30-2)19(10-14)31-3/h4-10,12H,11H2,1-3H3,(H,23,27)(H,24,28)(H,25,26,29). The highest BCUT2D eigenvalue weighted by atomic mass is 32.1. The van der Waals surface area contributed by atoms with E-state index >= 15 is 0 Å². The summed E-state index contributed by atoms with van der Waals surface area (Å²) in [6.07, 6.45) is 0.0518. The molecular formula is C22H22N4O5S. The van der Waals surface area contributed by atoms with Gasteiger partial charge in [-0.05, 0) is 42.5 Å². The van der Waals surface area contributed by atoms with Crippen molar-refractivity contribution in [2.75, 3.05) is 30.2 Å². The van der Waals surface area contributed by atoms with E-state index < -0.39 is 0 Å². The van der Waals surface area contributed by atoms with Crippen LogP contribution in [0.3, 0.4) is 0 Å². The minimum atomic E-state index is -0.351. The first-order chi connectivity index (χ1) is 15.4. The highest BCUT2D eigenvalue weighted by molar-refractivity contribution is 7.14. The van der Waals surface area contributed by atoms with Gasteiger partial charge in [0.2, 0.25) is 11.8 Å². The second-order valence-corrected chi connectivity index (χ2v) is 7.51. The minimum Gasteiger partial charge on any atom is -0.493 e. The Morgan fingerprint density at radius 2 is 1.56 bits per heavy atom. The van der Waals surface area contributed by atoms with Gasteiger partial charge in [0.15, 0.2) is 16.6 Å². The van der Waals surface area contributed by atoms with Gasteiger partial charge in [0, 0.05) is 29.2 Å². The van der Waals surface area contributed by atoms with Gasteiger partial charge in [-0.15, -0.1) is 11.3 Å². The molecule has 3 amide bonds. The number of nitrogens with zero attached hydrogens (tertiary/aromatic N) is 1. The summed E-state index contributed by atoms with van der Waals surface area (Å²) in [6.45, 7) is 1.42. The second-order valence-electron chi connectivity index (χ2n) is 6.65. The number of methoxy groups -OCH3 is 2. The number of nitrogens with one attached hydrogen (secondary N) is 3. The van der Waals surface area contributed by atoms with E-state index in [2.05, 4.69) is 20.9 Å². The third-order valence-corrected chi connectivity index (χ3v) is 5.06. The Morgan fingerprint density at radius 3 is 2.19 bits per heavy atom. The van der Waals surface area contributed by atoms with E-state index in [0.29, 0.717) is 39.3 Å². The van der Waals surface area contributed by atoms with Gasteiger partial charge in [-0.3, -0.25) is 19.7 Å². The number of ether oxygens (including phenoxy) is 2. The van der Waals surface area contributed by atoms with Crippen LogP contribution in [0.5, 0.6) is 11.5 Å². The lowest BCUT2D eigenvalue weighted by molar-refractivity contribution is -0.116. The predicted molar refractivity (Wildman–Crippen MR) is 123 cm³/mol. The van der Waals surface area contributed by atoms with Gasteiger partial charge in [0.25, 0.3) is 5.91 Å². The van der Waals surface area contributed by atoms with Crippen molar-refractivity contribution in [1.29, 1.82) is 0 Å². The van der Waals surface area contributed by atoms with Crippen molar-refractivity contribution in [3.63, 3.8) is 0 Å². The molecule has 3 aromatic rings. The number of hydrogen-bond donors (Lipinski definition) is 3. The summed E-state index contributed by atoms with van der Waals surface area (Å²) < 4.78 is 10.4. The molecule has 2 aromatic carbocycles. The van der Waals surface area contributed by atoms with Crippen molar-refractivity contribution in [1.82, 2.24) is 4.98 Å². The van der Waals surface area contributed by atoms with Crippen LogP contribution < -0.4 is 25.4 Å². The van der Waals surface area contributed by atoms with Gasteiger partial charge in [0.1, 0.15) is 0 Å². The lowest BCUT2D eigenvalue weighted by atomic mass is 10.2. The van der Waals surface area contributed by atoms with Crippen LogP contribution >= 0.6 is 11.3 Å². The zero-order valence-electron chi connectivity index (χ0n) is 17.7. The Hall–Kier alpha value is -3.92. The molecule has 3 N–H and O–H groups in total. The van der Waals surface area contributed by atoms with Crippen LogP contribution in [-0.4, -0.2) is 36.9 Å². The number of hydrogen-bond acceptors (Lipinski definition) is 7. The van der Waals surface area contributed by atoms with Crippen molar-refractivity contribution in [3.8, 4) is 11.5 Å². The van der Waals surface area contributed by atoms with Gasteiger partial charge < -0.3 is 20.1 Å². The topological polar surface area (TPSA) is 119 Å². The fourth-order valence-corrected chi connectivity index (χ4v) is 3.51. The maximum atomic E-state index is 12.5. The van der Waals surface area contributed by atoms with Crippen LogP contribution in [0, 0.1) is 0 Å². The van der Waals surface area contributed by atoms with Gasteiger partial charge in [-0.1, -0.05) is 0 Å². The lowest BCUT2D eigenvalue weighted by Crippen LogP contribution is -2.15. The molecule has 1 heterocycles. The molecule has 32 heavy (non-hydrogen) atoms. The zero-order valence-corrected chi connectivity index (χ0v) is 18.5. The Kier molecular flexibility index (Phi) is 7.40. The van der Waals surface area contributed by atoms with E-state index in [1.807, 2.05) is 0 Å². The average molecular weight is 455 g/mol. The number of carbonyl (C=O) groups excluding carboxylic acids is 3. The van der Waals surface area contributed by atoms with Crippen LogP contribution in [-0.2, 0) is 16.0 Å². The maximum Gasteiger partial charge on any atom is 0.257 e. The normalized spacial score (nSPS) is 10.2. The van der Waals surface area contributed by atoms with Crippen molar-refractivity contribution >= 4 is 45.6 Å². The fourth-order valence-electron chi connectivity index (χ4n) is 2.80. The van der Waals surface area contributed by atoms with E-state index in [-0.39, 0.29) is 24.1 Å². The predicted octanol–water partition coefficient (Wildman–Crippen LogP) is 3.55. The van der Waals surface area contributed by atoms with Crippen LogP contribution in [0.2, 0.25) is 0 Å². The molecule has 0 saturated heterocycles. The van der Waals surface area contributed by atoms with E-state index in [0.717, 1.165) is 0 Å². The van der Waals surface area contributed by atoms with Crippen LogP contribution in [0.1, 0.15) is 23.0 Å². The molecule has 3 rings (SSSR count). The Balaban J connectivity index is 1.56. The number of benzene rings is 2. The van der Waals surface area contributed by atoms with E-state index in [1.54, 1.807) is 47.8 Å². The maximum absolute atomic E-state index is 12.5. The fraction of sp³-hybridized carbons (Fsp3) is 0.182. The highest BCUT2D eigenvalue weighted by Crippen LogP contribution is 2.28. The first kappa shape index (κ1) is 22.8. The molecule has 0 radical (unpaired) electrons. The molecule has 0 aliphatic rings. The minimum absolute atomic E-state index is 0.0518. The van der Waals surface area contributed by atoms with Crippen LogP contribution in [0.25, 0.3) is 0 Å². The number of aromatic nitrogens is 1. The summed E-state index contributed by atoms with van der Waals surface area (Å²) in [4.78, 5) is 40.2. The molecule has 9 nitrogen and oxygen atoms in total. The third-order valence-electron chi connectivity index (χ3n) is 4.25. The second kappa shape index (κ2) is 10.4. The molecule has 0 unspecified atom stereocenters. The van der Waals surface area contributed by atoms with E-state index in [9.17, 15) is 14.4 Å². The molecule has 0 spiro atoms. The number of anilines is 3. The number of amides is 3. The molecule has 0 saturated carbocycles. The number of rotatable bonds is 8. The summed E-state index contributed by atoms with van der Waals surface area (Å²) in [6, 6.07) is 11.6. The van der Waals surface area contributed by atoms with Crippen molar-refractivity contribution in [3.05, 3.63) is 59.1 Å². The molecule has 0 aliphatic heterocycles. The highest BCUT2D eigenvalue weighted by Gasteiger charge is 2.14. The van der Waals surface area contributed by atoms with E-state index in [4.69, 9.17) is 9.47 Å². The molecule has 10 heteroatoms. The first-order valence-corrected chi connectivity index (χ1v) is 10.4. The smallest absolute Gasteiger partial charge is 0.257 e. The van der Waals surface area contributed by atoms with Gasteiger partial charge in [0.05, 0.1) is 26.3 Å². The summed E-state index contributed by atoms with van der Waals surface area (Å²) >= 11 is 1.23. The number of thiazole rings is 1. The Bertz CT molecular complexity index is 1130. The molecule has 0 atom stereocenters. The summed E-state index contributed by atoms with van der Waals surface area (Å²) in [7, 11) is 3.01. The Labute approximate surface area is 188 Å². The SMILES string of the molecule is COc1ccc(C(=O)Nc2nc(CC(=O)Nc3ccc(NC(C)=O)cc3)cs2)cc1OC. The third kappa shape index (κ3) is 6.05. The van der Waals surface area contributed by atoms with Crippen LogP contribution in [0.15, 0.2) is 47.8 Å². The van der Waals surface area contributed by atoms with Crippen LogP contribution in [0.4, 0.5) is 16.5 Å². The van der Waals surface area contributed by atoms with Crippen molar-refractivity contribution < 1.29 is 23.9 Å². The lowest BCUT2D eigenvalue weighted by Gasteiger charge is -2.09. The summed E-state index contributed by atoms with van der Waals surface area (Å²) in [5, 5.41) is 10.2. The van der Waals surface area contributed by atoms with Crippen molar-refractivity contribution in [2.45, 2.75) is 13.3 Å². The molecule has 0 bridgehead atoms. The molecule has 166 valence electrons. The average Bonchev–Trinajstić information content (AvgIpc) is 3.20. The molecule has 1 aromatic heterocycles. The largest absolute Gasteiger partial charge is 0.493 e. The van der Waals surface area contributed by atoms with Gasteiger partial charge in [-0.2, -0.15) is 0 Å². The van der Waals surface area contributed by atoms with Gasteiger partial charge in [-0.25, -0.2) is 4.98 Å². The monoisotopic (exact) mass is 454 g/mol. The van der Waals surface area contributed by atoms with Crippen molar-refractivity contribution in [2.24, 2.45) is 0 Å². The quantitative estimate of drug-likeness (QED) is 0.479. The first-order valence-electron chi connectivity index (χ1n) is 9.53. The zero-order chi connectivity index (χ0) is 23.1. The summed E-state index contributed by atoms with van der Waals surface area (Å²) in [5.74, 6) is 0.202.